The number of methoxy groups -OCH3 is 3. The van der Waals surface area contributed by atoms with Crippen molar-refractivity contribution < 1.29 is 67.6 Å². The first-order chi connectivity index (χ1) is 41.3. The minimum absolute atomic E-state index is 0.00728. The number of nitrogens with two attached hydrogens (primary N) is 3. The van der Waals surface area contributed by atoms with Crippen molar-refractivity contribution in [3.8, 4) is 0 Å². The normalized spacial score (nSPS) is 16.4. The summed E-state index contributed by atoms with van der Waals surface area (Å²) in [6.45, 7) is 13.5. The Morgan fingerprint density at radius 2 is 1.37 bits per heavy atom. The van der Waals surface area contributed by atoms with Crippen molar-refractivity contribution in [3.63, 3.8) is 0 Å². The zero-order valence-electron chi connectivity index (χ0n) is 50.3. The number of aliphatic carboxylic acids is 2. The number of nitrogens with zero attached hydrogens (tertiary/aromatic N) is 4. The van der Waals surface area contributed by atoms with Crippen LogP contribution in [0.5, 0.6) is 0 Å². The summed E-state index contributed by atoms with van der Waals surface area (Å²) >= 11 is 0. The van der Waals surface area contributed by atoms with Gasteiger partial charge < -0.3 is 62.2 Å². The van der Waals surface area contributed by atoms with Gasteiger partial charge in [0.15, 0.2) is 17.5 Å². The maximum atomic E-state index is 14.2. The van der Waals surface area contributed by atoms with E-state index in [4.69, 9.17) is 41.4 Å². The second-order valence-electron chi connectivity index (χ2n) is 21.7. The summed E-state index contributed by atoms with van der Waals surface area (Å²) in [5.74, 6) is -9.57. The molecule has 2 unspecified atom stereocenters. The van der Waals surface area contributed by atoms with E-state index in [1.165, 1.54) is 21.3 Å². The third kappa shape index (κ3) is 16.1. The van der Waals surface area contributed by atoms with Crippen molar-refractivity contribution in [1.29, 1.82) is 0 Å². The molecule has 8 bridgehead atoms. The highest BCUT2D eigenvalue weighted by molar-refractivity contribution is 6.02. The minimum atomic E-state index is -1.59. The van der Waals surface area contributed by atoms with Crippen molar-refractivity contribution in [2.45, 2.75) is 129 Å². The monoisotopic (exact) mass is 1200 g/mol. The largest absolute Gasteiger partial charge is 0.481 e. The molecule has 5 atom stereocenters. The third-order valence-corrected chi connectivity index (χ3v) is 16.0. The molecule has 25 nitrogen and oxygen atoms in total. The van der Waals surface area contributed by atoms with Crippen LogP contribution in [-0.2, 0) is 69.2 Å². The van der Waals surface area contributed by atoms with Gasteiger partial charge in [0.2, 0.25) is 11.8 Å². The molecule has 0 aromatic carbocycles. The van der Waals surface area contributed by atoms with E-state index in [0.717, 1.165) is 27.8 Å². The Labute approximate surface area is 502 Å². The standard InChI is InChI=1S/C62H77N11O14/c1-10-36-31(2)43-27-48-40-18-15-39(59(83)86-8)57(60(84)87-9)62(40,6)52(71-48)29-44-33(4)38(17-22-56(80)85-7)47(70-44)28-46-37(32(3)42(69-46)26-45(36)68-43)16-20-53(76)72-41(14-12-24-67-61(64)65)50(74)19-21-54(77)73-49(30-55(78)79)51(75)25-35(58(81)82)13-11-23-66-34(5)63/h10,15,18,26-29,35,41,49,57,68,70H,1,11-14,16-17,19-25,30H2,2-9H3,(H2,63,66)(H,72,76)(H,73,77)(H,78,79)(H,81,82)(H4,64,65,67)/t35-,41+,49?,57?,62-/m1/s1. The number of aromatic amines is 2. The summed E-state index contributed by atoms with van der Waals surface area (Å²) in [6, 6.07) is 4.64. The van der Waals surface area contributed by atoms with E-state index in [1.807, 2.05) is 52.0 Å². The van der Waals surface area contributed by atoms with Gasteiger partial charge in [-0.05, 0) is 131 Å². The lowest BCUT2D eigenvalue weighted by Gasteiger charge is -2.36. The predicted octanol–water partition coefficient (Wildman–Crippen LogP) is 5.30. The first kappa shape index (κ1) is 66.6. The van der Waals surface area contributed by atoms with Crippen LogP contribution in [0, 0.1) is 25.7 Å². The van der Waals surface area contributed by atoms with E-state index in [1.54, 1.807) is 25.2 Å². The quantitative estimate of drug-likeness (QED) is 0.0140. The van der Waals surface area contributed by atoms with Crippen LogP contribution >= 0.6 is 0 Å². The summed E-state index contributed by atoms with van der Waals surface area (Å²) in [5, 5.41) is 24.6. The molecule has 3 aromatic heterocycles. The molecule has 0 saturated carbocycles. The highest BCUT2D eigenvalue weighted by Gasteiger charge is 2.53. The van der Waals surface area contributed by atoms with E-state index in [-0.39, 0.29) is 76.0 Å². The number of nitrogens with one attached hydrogen (secondary N) is 4. The molecule has 0 radical (unpaired) electrons. The zero-order valence-corrected chi connectivity index (χ0v) is 50.3. The zero-order chi connectivity index (χ0) is 64.0. The van der Waals surface area contributed by atoms with Gasteiger partial charge in [-0.3, -0.25) is 53.3 Å². The van der Waals surface area contributed by atoms with E-state index < -0.39 is 108 Å². The Hall–Kier alpha value is -9.55. The number of carboxylic acid groups (broad SMARTS) is 2. The number of aliphatic imine (C=N–C) groups is 2. The van der Waals surface area contributed by atoms with Gasteiger partial charge in [-0.1, -0.05) is 24.8 Å². The molecule has 5 heterocycles. The molecular formula is C62H77N11O14. The number of ketones is 2. The Kier molecular flexibility index (Phi) is 22.6. The van der Waals surface area contributed by atoms with E-state index >= 15 is 0 Å². The lowest BCUT2D eigenvalue weighted by Crippen LogP contribution is -2.44. The number of hydrogen-bond donors (Lipinski definition) is 9. The molecule has 6 rings (SSSR count). The molecule has 3 aromatic rings. The first-order valence-corrected chi connectivity index (χ1v) is 28.4. The van der Waals surface area contributed by atoms with E-state index in [0.29, 0.717) is 61.8 Å². The van der Waals surface area contributed by atoms with Crippen LogP contribution < -0.4 is 27.8 Å². The number of H-pyrrole nitrogens is 2. The summed E-state index contributed by atoms with van der Waals surface area (Å²) in [5.41, 5.74) is 24.9. The van der Waals surface area contributed by atoms with Crippen LogP contribution in [0.2, 0.25) is 0 Å². The van der Waals surface area contributed by atoms with Gasteiger partial charge in [0, 0.05) is 72.8 Å². The Bertz CT molecular complexity index is 3600. The van der Waals surface area contributed by atoms with Crippen molar-refractivity contribution in [3.05, 3.63) is 93.6 Å². The lowest BCUT2D eigenvalue weighted by molar-refractivity contribution is -0.149. The van der Waals surface area contributed by atoms with Gasteiger partial charge >= 0.3 is 29.8 Å². The lowest BCUT2D eigenvalue weighted by atomic mass is 9.64. The molecule has 3 aliphatic rings. The molecule has 0 saturated heterocycles. The van der Waals surface area contributed by atoms with Crippen molar-refractivity contribution in [1.82, 2.24) is 30.6 Å². The molecule has 12 N–H and O–H groups in total. The highest BCUT2D eigenvalue weighted by Crippen LogP contribution is 2.52. The number of aromatic nitrogens is 4. The number of amides is 2. The van der Waals surface area contributed by atoms with Gasteiger partial charge in [0.25, 0.3) is 0 Å². The molecule has 25 heteroatoms. The second kappa shape index (κ2) is 29.5. The predicted molar refractivity (Wildman–Crippen MR) is 326 cm³/mol. The van der Waals surface area contributed by atoms with Gasteiger partial charge in [-0.2, -0.15) is 0 Å². The number of guanidine groups is 1. The van der Waals surface area contributed by atoms with E-state index in [2.05, 4.69) is 37.2 Å². The van der Waals surface area contributed by atoms with Crippen molar-refractivity contribution in [2.24, 2.45) is 39.0 Å². The summed E-state index contributed by atoms with van der Waals surface area (Å²) in [7, 11) is 3.78. The number of aryl methyl sites for hydroxylation is 3. The smallest absolute Gasteiger partial charge is 0.334 e. The number of carboxylic acids is 2. The van der Waals surface area contributed by atoms with Gasteiger partial charge in [0.1, 0.15) is 5.92 Å². The molecule has 0 spiro atoms. The highest BCUT2D eigenvalue weighted by atomic mass is 16.5. The fourth-order valence-corrected chi connectivity index (χ4v) is 11.2. The van der Waals surface area contributed by atoms with Crippen LogP contribution in [0.15, 0.2) is 58.6 Å². The van der Waals surface area contributed by atoms with Crippen LogP contribution in [0.3, 0.4) is 0 Å². The van der Waals surface area contributed by atoms with E-state index in [9.17, 15) is 53.4 Å². The van der Waals surface area contributed by atoms with Gasteiger partial charge in [0.05, 0.1) is 85.4 Å². The molecule has 2 amide bonds. The minimum Gasteiger partial charge on any atom is -0.481 e. The molecule has 0 fully saturated rings. The second-order valence-corrected chi connectivity index (χ2v) is 21.7. The first-order valence-electron chi connectivity index (χ1n) is 28.4. The van der Waals surface area contributed by atoms with Crippen LogP contribution in [0.4, 0.5) is 0 Å². The fraction of sp³-hybridized carbons (Fsp3) is 0.435. The number of carbonyl (C=O) groups is 9. The Morgan fingerprint density at radius 3 is 2.01 bits per heavy atom. The van der Waals surface area contributed by atoms with Gasteiger partial charge in [-0.25, -0.2) is 9.78 Å². The maximum Gasteiger partial charge on any atom is 0.334 e. The molecule has 464 valence electrons. The Morgan fingerprint density at radius 1 is 0.724 bits per heavy atom. The van der Waals surface area contributed by atoms with Crippen molar-refractivity contribution in [2.75, 3.05) is 34.4 Å². The summed E-state index contributed by atoms with van der Waals surface area (Å²) in [6.07, 6.45) is 3.48. The SMILES string of the molecule is C=Cc1c(C)c2cc3nc(cc4[nH]c(cc5nc(cc1[nH]2)C(C)=C5CCC(=O)N[C@@H](CCCN=C(N)N)C(=O)CCC(=O)NC(CC(=O)O)C(=O)C[C@@H](CCCN=C(C)N)C(=O)O)c(CCC(=O)OC)c4C)[C@@]1(C)C3=CC=C(C(=O)OC)C1C(=O)OC. The summed E-state index contributed by atoms with van der Waals surface area (Å²) in [4.78, 5) is 144. The number of amidine groups is 1. The van der Waals surface area contributed by atoms with Crippen molar-refractivity contribution >= 4 is 110 Å². The molecule has 2 aliphatic heterocycles. The summed E-state index contributed by atoms with van der Waals surface area (Å²) < 4.78 is 15.6. The van der Waals surface area contributed by atoms with Crippen LogP contribution in [0.25, 0.3) is 44.9 Å². The number of esters is 3. The molecule has 1 aliphatic carbocycles. The number of ether oxygens (including phenoxy) is 3. The number of hydrogen-bond acceptors (Lipinski definition) is 16. The fourth-order valence-electron chi connectivity index (χ4n) is 11.2. The van der Waals surface area contributed by atoms with Gasteiger partial charge in [-0.15, -0.1) is 0 Å². The topological polar surface area (TPSA) is 406 Å². The Balaban J connectivity index is 1.36. The molecular weight excluding hydrogens is 1120 g/mol. The number of rotatable bonds is 29. The maximum absolute atomic E-state index is 14.2. The van der Waals surface area contributed by atoms with Crippen LogP contribution in [-0.4, -0.2) is 142 Å². The average molecular weight is 1200 g/mol. The molecule has 87 heavy (non-hydrogen) atoms. The van der Waals surface area contributed by atoms with Crippen LogP contribution in [0.1, 0.15) is 136 Å². The number of allylic oxidation sites excluding steroid dienone is 5. The number of fused-ring (bicyclic) bond motifs is 11. The third-order valence-electron chi connectivity index (χ3n) is 16.0. The number of Topliss-reactive ketones (excluding diaryl/α,β-unsaturated/α-hetero) is 2. The number of carbonyl (C=O) groups excluding carboxylic acids is 7. The average Bonchev–Trinajstić information content (AvgIpc) is 1.63.